The van der Waals surface area contributed by atoms with Crippen molar-refractivity contribution in [3.63, 3.8) is 0 Å². The lowest BCUT2D eigenvalue weighted by Crippen LogP contribution is -1.96. The number of benzene rings is 1. The van der Waals surface area contributed by atoms with Crippen LogP contribution in [-0.4, -0.2) is 26.9 Å². The van der Waals surface area contributed by atoms with Crippen LogP contribution < -0.4 is 9.47 Å². The van der Waals surface area contributed by atoms with E-state index >= 15 is 0 Å². The van der Waals surface area contributed by atoms with Gasteiger partial charge in [-0.3, -0.25) is 0 Å². The fourth-order valence-electron chi connectivity index (χ4n) is 1.63. The minimum Gasteiger partial charge on any atom is -0.497 e. The van der Waals surface area contributed by atoms with Gasteiger partial charge in [-0.15, -0.1) is 0 Å². The average molecular weight is 264 g/mol. The van der Waals surface area contributed by atoms with Crippen LogP contribution in [0.25, 0.3) is 0 Å². The van der Waals surface area contributed by atoms with E-state index in [1.54, 1.807) is 7.11 Å². The van der Waals surface area contributed by atoms with Gasteiger partial charge in [0, 0.05) is 19.3 Å². The Morgan fingerprint density at radius 3 is 2.79 bits per heavy atom. The molecule has 0 amide bonds. The quantitative estimate of drug-likeness (QED) is 0.502. The zero-order valence-corrected chi connectivity index (χ0v) is 12.1. The van der Waals surface area contributed by atoms with Crippen LogP contribution in [0.3, 0.4) is 0 Å². The lowest BCUT2D eigenvalue weighted by Gasteiger charge is -2.08. The molecule has 0 fully saturated rings. The first-order chi connectivity index (χ1) is 9.27. The fraction of sp³-hybridized carbons (Fsp3) is 0.500. The van der Waals surface area contributed by atoms with E-state index in [2.05, 4.69) is 6.08 Å². The van der Waals surface area contributed by atoms with Crippen molar-refractivity contribution >= 4 is 0 Å². The molecule has 0 heterocycles. The number of methoxy groups -OCH3 is 1. The lowest BCUT2D eigenvalue weighted by molar-refractivity contribution is 0.145. The summed E-state index contributed by atoms with van der Waals surface area (Å²) >= 11 is 0. The minimum atomic E-state index is 0.586. The second kappa shape index (κ2) is 9.45. The van der Waals surface area contributed by atoms with Crippen molar-refractivity contribution in [3.05, 3.63) is 35.9 Å². The highest BCUT2D eigenvalue weighted by Crippen LogP contribution is 2.23. The number of ether oxygens (including phenoxy) is 3. The van der Waals surface area contributed by atoms with Crippen LogP contribution in [-0.2, 0) is 4.74 Å². The summed E-state index contributed by atoms with van der Waals surface area (Å²) in [6, 6.07) is 5.85. The molecule has 0 aromatic heterocycles. The molecule has 3 heteroatoms. The highest BCUT2D eigenvalue weighted by Gasteiger charge is 2.00. The topological polar surface area (TPSA) is 27.7 Å². The van der Waals surface area contributed by atoms with Crippen LogP contribution in [0, 0.1) is 6.92 Å². The SMILES string of the molecule is CCOCCC/C=C/COc1cc(OC)ccc1C. The standard InChI is InChI=1S/C16H24O3/c1-4-18-11-7-5-6-8-12-19-16-13-15(17-3)10-9-14(16)2/h6,8-10,13H,4-5,7,11-12H2,1-3H3/b8-6+. The van der Waals surface area contributed by atoms with E-state index in [9.17, 15) is 0 Å². The highest BCUT2D eigenvalue weighted by molar-refractivity contribution is 5.39. The molecule has 0 N–H and O–H groups in total. The Morgan fingerprint density at radius 1 is 1.21 bits per heavy atom. The summed E-state index contributed by atoms with van der Waals surface area (Å²) in [4.78, 5) is 0. The first-order valence-electron chi connectivity index (χ1n) is 6.78. The van der Waals surface area contributed by atoms with Crippen LogP contribution in [0.2, 0.25) is 0 Å². The number of rotatable bonds is 9. The third-order valence-corrected chi connectivity index (χ3v) is 2.76. The van der Waals surface area contributed by atoms with Gasteiger partial charge in [0.1, 0.15) is 18.1 Å². The average Bonchev–Trinajstić information content (AvgIpc) is 2.43. The first-order valence-corrected chi connectivity index (χ1v) is 6.78. The molecule has 0 saturated heterocycles. The molecule has 0 aliphatic rings. The Labute approximate surface area is 116 Å². The maximum atomic E-state index is 5.71. The van der Waals surface area contributed by atoms with Crippen molar-refractivity contribution in [2.45, 2.75) is 26.7 Å². The van der Waals surface area contributed by atoms with E-state index in [0.29, 0.717) is 6.61 Å². The predicted octanol–water partition coefficient (Wildman–Crippen LogP) is 3.76. The molecule has 19 heavy (non-hydrogen) atoms. The normalized spacial score (nSPS) is 10.9. The predicted molar refractivity (Wildman–Crippen MR) is 78.1 cm³/mol. The number of allylic oxidation sites excluding steroid dienone is 1. The van der Waals surface area contributed by atoms with Gasteiger partial charge in [0.2, 0.25) is 0 Å². The van der Waals surface area contributed by atoms with Crippen LogP contribution in [0.5, 0.6) is 11.5 Å². The van der Waals surface area contributed by atoms with Crippen molar-refractivity contribution in [3.8, 4) is 11.5 Å². The number of hydrogen-bond acceptors (Lipinski definition) is 3. The molecule has 0 saturated carbocycles. The second-order valence-corrected chi connectivity index (χ2v) is 4.25. The van der Waals surface area contributed by atoms with Crippen molar-refractivity contribution in [2.75, 3.05) is 26.9 Å². The summed E-state index contributed by atoms with van der Waals surface area (Å²) in [5.41, 5.74) is 1.12. The molecule has 1 aromatic rings. The molecule has 3 nitrogen and oxygen atoms in total. The van der Waals surface area contributed by atoms with Crippen LogP contribution in [0.1, 0.15) is 25.3 Å². The van der Waals surface area contributed by atoms with E-state index in [1.807, 2.05) is 38.1 Å². The molecule has 0 unspecified atom stereocenters. The van der Waals surface area contributed by atoms with Gasteiger partial charge in [0.25, 0.3) is 0 Å². The maximum Gasteiger partial charge on any atom is 0.126 e. The van der Waals surface area contributed by atoms with Crippen LogP contribution >= 0.6 is 0 Å². The molecule has 0 bridgehead atoms. The number of aryl methyl sites for hydroxylation is 1. The molecule has 0 aliphatic heterocycles. The Morgan fingerprint density at radius 2 is 2.05 bits per heavy atom. The zero-order valence-electron chi connectivity index (χ0n) is 12.1. The van der Waals surface area contributed by atoms with Gasteiger partial charge >= 0.3 is 0 Å². The lowest BCUT2D eigenvalue weighted by atomic mass is 10.2. The van der Waals surface area contributed by atoms with E-state index in [4.69, 9.17) is 14.2 Å². The van der Waals surface area contributed by atoms with Gasteiger partial charge in [0.05, 0.1) is 7.11 Å². The smallest absolute Gasteiger partial charge is 0.126 e. The third kappa shape index (κ3) is 6.30. The number of hydrogen-bond donors (Lipinski definition) is 0. The number of unbranched alkanes of at least 4 members (excludes halogenated alkanes) is 1. The first kappa shape index (κ1) is 15.6. The van der Waals surface area contributed by atoms with Crippen molar-refractivity contribution < 1.29 is 14.2 Å². The van der Waals surface area contributed by atoms with Crippen molar-refractivity contribution in [1.29, 1.82) is 0 Å². The fourth-order valence-corrected chi connectivity index (χ4v) is 1.63. The molecular formula is C16H24O3. The molecular weight excluding hydrogens is 240 g/mol. The summed E-state index contributed by atoms with van der Waals surface area (Å²) in [6.07, 6.45) is 6.27. The summed E-state index contributed by atoms with van der Waals surface area (Å²) in [6.45, 7) is 6.25. The Bertz CT molecular complexity index is 386. The van der Waals surface area contributed by atoms with Crippen LogP contribution in [0.4, 0.5) is 0 Å². The minimum absolute atomic E-state index is 0.586. The van der Waals surface area contributed by atoms with Gasteiger partial charge in [-0.25, -0.2) is 0 Å². The summed E-state index contributed by atoms with van der Waals surface area (Å²) in [7, 11) is 1.66. The van der Waals surface area contributed by atoms with Gasteiger partial charge < -0.3 is 14.2 Å². The Kier molecular flexibility index (Phi) is 7.75. The Balaban J connectivity index is 2.26. The molecule has 0 radical (unpaired) electrons. The van der Waals surface area contributed by atoms with Gasteiger partial charge in [-0.2, -0.15) is 0 Å². The summed E-state index contributed by atoms with van der Waals surface area (Å²) in [5, 5.41) is 0. The maximum absolute atomic E-state index is 5.71. The molecule has 0 atom stereocenters. The van der Waals surface area contributed by atoms with E-state index in [0.717, 1.165) is 43.1 Å². The van der Waals surface area contributed by atoms with Crippen molar-refractivity contribution in [2.24, 2.45) is 0 Å². The van der Waals surface area contributed by atoms with Crippen molar-refractivity contribution in [1.82, 2.24) is 0 Å². The summed E-state index contributed by atoms with van der Waals surface area (Å²) < 4.78 is 16.2. The van der Waals surface area contributed by atoms with E-state index in [1.165, 1.54) is 0 Å². The van der Waals surface area contributed by atoms with Gasteiger partial charge in [0.15, 0.2) is 0 Å². The molecule has 1 aromatic carbocycles. The molecule has 0 spiro atoms. The second-order valence-electron chi connectivity index (χ2n) is 4.25. The molecule has 1 rings (SSSR count). The Hall–Kier alpha value is -1.48. The summed E-state index contributed by atoms with van der Waals surface area (Å²) in [5.74, 6) is 1.69. The molecule has 106 valence electrons. The highest BCUT2D eigenvalue weighted by atomic mass is 16.5. The third-order valence-electron chi connectivity index (χ3n) is 2.76. The monoisotopic (exact) mass is 264 g/mol. The van der Waals surface area contributed by atoms with E-state index in [-0.39, 0.29) is 0 Å². The van der Waals surface area contributed by atoms with E-state index < -0.39 is 0 Å². The van der Waals surface area contributed by atoms with Gasteiger partial charge in [-0.05, 0) is 38.3 Å². The van der Waals surface area contributed by atoms with Crippen LogP contribution in [0.15, 0.2) is 30.4 Å². The largest absolute Gasteiger partial charge is 0.497 e. The zero-order chi connectivity index (χ0) is 13.9. The molecule has 0 aliphatic carbocycles. The van der Waals surface area contributed by atoms with Gasteiger partial charge in [-0.1, -0.05) is 18.2 Å².